The number of carbonyl (C=O) groups excluding carboxylic acids is 4. The number of Topliss-reactive ketones (excluding diaryl/α,β-unsaturated/α-hetero) is 2. The molecule has 2 aliphatic heterocycles. The number of halogens is 1. The standard InChI is InChI=1S/C20H20N4O3.C19H18N6O.C2H4O2.HI.H3N/c21-18-14-10-17(27)24(11-12-4-2-1-3-5-12)20(14)23-19(22-18)16(26)9-8-15(25)13-6-7-13;20-16-13-8-15(26)25(10-11-4-2-1-3-5-11)19(13)24-18(23-16)17-21-9-14(22-17)12-6-7-12;1-2(3)4;;/h1-5,13H,6-11H2,(H2,21,22,23);1-5,9,12H,6-8,10H2,(H,21,22)(H2,20,23,24);1H3,(H,3,4);1H;1H3/p-1. The number of imidazole rings is 1. The van der Waals surface area contributed by atoms with Crippen molar-refractivity contribution in [1.82, 2.24) is 36.1 Å². The van der Waals surface area contributed by atoms with Crippen molar-refractivity contribution in [1.29, 1.82) is 0 Å². The summed E-state index contributed by atoms with van der Waals surface area (Å²) >= 11 is 0. The average Bonchev–Trinajstić information content (AvgIpc) is 4.13. The Morgan fingerprint density at radius 2 is 1.27 bits per heavy atom. The first kappa shape index (κ1) is 44.0. The van der Waals surface area contributed by atoms with E-state index in [-0.39, 0.29) is 96.8 Å². The third kappa shape index (κ3) is 10.7. The summed E-state index contributed by atoms with van der Waals surface area (Å²) in [5, 5.41) is 7.42. The third-order valence-electron chi connectivity index (χ3n) is 9.88. The van der Waals surface area contributed by atoms with Crippen LogP contribution in [0, 0.1) is 5.92 Å². The molecule has 9 rings (SSSR count). The first-order valence-corrected chi connectivity index (χ1v) is 18.8. The molecule has 4 aliphatic rings. The van der Waals surface area contributed by atoms with Gasteiger partial charge >= 0.3 is 0 Å². The molecule has 2 aliphatic carbocycles. The summed E-state index contributed by atoms with van der Waals surface area (Å²) < 4.78 is 0. The van der Waals surface area contributed by atoms with Crippen LogP contribution in [0.2, 0.25) is 0 Å². The fourth-order valence-electron chi connectivity index (χ4n) is 6.59. The molecule has 0 saturated heterocycles. The van der Waals surface area contributed by atoms with Gasteiger partial charge in [0.05, 0.1) is 25.9 Å². The predicted octanol–water partition coefficient (Wildman–Crippen LogP) is 1.76. The zero-order valence-electron chi connectivity index (χ0n) is 32.4. The molecule has 0 spiro atoms. The first-order valence-electron chi connectivity index (χ1n) is 18.8. The highest BCUT2D eigenvalue weighted by atomic mass is 127. The number of hydrogen-bond donors (Lipinski definition) is 5. The molecule has 59 heavy (non-hydrogen) atoms. The van der Waals surface area contributed by atoms with Gasteiger partial charge in [0.15, 0.2) is 17.5 Å². The predicted molar refractivity (Wildman–Crippen MR) is 215 cm³/mol. The van der Waals surface area contributed by atoms with Gasteiger partial charge < -0.3 is 51.7 Å². The second-order valence-corrected chi connectivity index (χ2v) is 14.4. The van der Waals surface area contributed by atoms with Gasteiger partial charge in [0.1, 0.15) is 29.1 Å². The van der Waals surface area contributed by atoms with E-state index in [2.05, 4.69) is 29.9 Å². The van der Waals surface area contributed by atoms with Crippen LogP contribution >= 0.6 is 0 Å². The van der Waals surface area contributed by atoms with Crippen LogP contribution in [-0.4, -0.2) is 64.4 Å². The summed E-state index contributed by atoms with van der Waals surface area (Å²) in [4.78, 5) is 86.6. The van der Waals surface area contributed by atoms with Gasteiger partial charge in [-0.15, -0.1) is 0 Å². The molecule has 17 nitrogen and oxygen atoms in total. The van der Waals surface area contributed by atoms with Crippen molar-refractivity contribution in [2.45, 2.75) is 77.3 Å². The largest absolute Gasteiger partial charge is 1.00 e. The van der Waals surface area contributed by atoms with Gasteiger partial charge in [-0.05, 0) is 36.8 Å². The van der Waals surface area contributed by atoms with Gasteiger partial charge in [0.2, 0.25) is 17.6 Å². The molecule has 2 saturated carbocycles. The van der Waals surface area contributed by atoms with E-state index < -0.39 is 5.97 Å². The Kier molecular flexibility index (Phi) is 14.2. The van der Waals surface area contributed by atoms with Crippen molar-refractivity contribution in [3.63, 3.8) is 0 Å². The van der Waals surface area contributed by atoms with Crippen LogP contribution in [-0.2, 0) is 45.1 Å². The second kappa shape index (κ2) is 19.1. The molecule has 2 fully saturated rings. The van der Waals surface area contributed by atoms with Gasteiger partial charge in [-0.25, -0.2) is 24.9 Å². The van der Waals surface area contributed by atoms with Crippen LogP contribution in [0.5, 0.6) is 0 Å². The fourth-order valence-corrected chi connectivity index (χ4v) is 6.59. The van der Waals surface area contributed by atoms with E-state index in [1.807, 2.05) is 66.9 Å². The lowest BCUT2D eigenvalue weighted by molar-refractivity contribution is -0.134. The first-order chi connectivity index (χ1) is 27.4. The number of nitrogen functional groups attached to an aromatic ring is 2. The number of rotatable bonds is 11. The molecule has 2 aromatic carbocycles. The Balaban J connectivity index is 0.000000200. The zero-order chi connectivity index (χ0) is 40.2. The summed E-state index contributed by atoms with van der Waals surface area (Å²) in [6.07, 6.45) is 6.70. The number of aliphatic carboxylic acids is 1. The molecule has 5 heterocycles. The number of ketones is 2. The molecule has 2 amide bonds. The highest BCUT2D eigenvalue weighted by Gasteiger charge is 2.35. The van der Waals surface area contributed by atoms with E-state index in [9.17, 15) is 19.2 Å². The molecule has 5 aromatic rings. The number of nitrogens with one attached hydrogen (secondary N) is 1. The minimum absolute atomic E-state index is 0. The van der Waals surface area contributed by atoms with E-state index in [0.29, 0.717) is 59.2 Å². The lowest BCUT2D eigenvalue weighted by Gasteiger charge is -2.17. The van der Waals surface area contributed by atoms with Gasteiger partial charge in [-0.2, -0.15) is 0 Å². The van der Waals surface area contributed by atoms with Crippen LogP contribution in [0.15, 0.2) is 66.9 Å². The number of benzene rings is 2. The van der Waals surface area contributed by atoms with E-state index in [1.54, 1.807) is 4.90 Å². The van der Waals surface area contributed by atoms with Crippen LogP contribution in [0.1, 0.15) is 89.9 Å². The normalized spacial score (nSPS) is 14.7. The number of carboxylic acid groups (broad SMARTS) is 1. The number of nitrogens with zero attached hydrogens (tertiary/aromatic N) is 7. The SMILES string of the molecule is CC(=O)O.N.Nc1nc(-c2ncc(C3CC3)[nH]2)nc2c1CC(=O)N2Cc1ccccc1.Nc1nc(C(=O)CCC(=O)C2CC2)nc2c1CC(=O)N2Cc1ccccc1.[I-]. The molecule has 18 heteroatoms. The smallest absolute Gasteiger partial charge is 0.300 e. The van der Waals surface area contributed by atoms with Crippen molar-refractivity contribution < 1.29 is 53.1 Å². The zero-order valence-corrected chi connectivity index (χ0v) is 34.6. The number of carboxylic acids is 1. The average molecular weight is 915 g/mol. The number of fused-ring (bicyclic) bond motifs is 2. The number of aromatic amines is 1. The summed E-state index contributed by atoms with van der Waals surface area (Å²) in [7, 11) is 0. The van der Waals surface area contributed by atoms with Crippen molar-refractivity contribution in [3.05, 3.63) is 101 Å². The number of H-pyrrole nitrogens is 1. The molecular formula is C41H45IN11O6-. The summed E-state index contributed by atoms with van der Waals surface area (Å²) in [5.74, 6) is 2.02. The third-order valence-corrected chi connectivity index (χ3v) is 9.88. The molecule has 0 atom stereocenters. The highest BCUT2D eigenvalue weighted by molar-refractivity contribution is 6.03. The number of nitrogens with two attached hydrogens (primary N) is 2. The van der Waals surface area contributed by atoms with Crippen LogP contribution in [0.4, 0.5) is 23.3 Å². The Bertz CT molecular complexity index is 2350. The van der Waals surface area contributed by atoms with Gasteiger partial charge in [0.25, 0.3) is 5.97 Å². The minimum Gasteiger partial charge on any atom is -1.00 e. The Hall–Kier alpha value is -6.15. The molecular weight excluding hydrogens is 869 g/mol. The Morgan fingerprint density at radius 3 is 1.78 bits per heavy atom. The van der Waals surface area contributed by atoms with Crippen molar-refractivity contribution in [2.24, 2.45) is 5.92 Å². The monoisotopic (exact) mass is 914 g/mol. The number of aromatic nitrogens is 6. The highest BCUT2D eigenvalue weighted by Crippen LogP contribution is 2.40. The van der Waals surface area contributed by atoms with Crippen LogP contribution in [0.3, 0.4) is 0 Å². The van der Waals surface area contributed by atoms with E-state index >= 15 is 0 Å². The summed E-state index contributed by atoms with van der Waals surface area (Å²) in [6.45, 7) is 1.91. The molecule has 308 valence electrons. The fraction of sp³-hybridized carbons (Fsp3) is 0.317. The molecule has 0 unspecified atom stereocenters. The maximum Gasteiger partial charge on any atom is 0.300 e. The van der Waals surface area contributed by atoms with Crippen molar-refractivity contribution in [2.75, 3.05) is 21.3 Å². The lowest BCUT2D eigenvalue weighted by atomic mass is 10.1. The van der Waals surface area contributed by atoms with Crippen LogP contribution in [0.25, 0.3) is 11.6 Å². The van der Waals surface area contributed by atoms with Gasteiger partial charge in [0, 0.05) is 54.6 Å². The van der Waals surface area contributed by atoms with Gasteiger partial charge in [-0.3, -0.25) is 33.8 Å². The minimum atomic E-state index is -0.833. The topological polar surface area (TPSA) is 279 Å². The van der Waals surface area contributed by atoms with Gasteiger partial charge in [-0.1, -0.05) is 60.7 Å². The Morgan fingerprint density at radius 1 is 0.763 bits per heavy atom. The maximum absolute atomic E-state index is 12.5. The number of anilines is 4. The van der Waals surface area contributed by atoms with E-state index in [4.69, 9.17) is 21.4 Å². The second-order valence-electron chi connectivity index (χ2n) is 14.4. The number of amides is 2. The van der Waals surface area contributed by atoms with E-state index in [0.717, 1.165) is 36.6 Å². The lowest BCUT2D eigenvalue weighted by Crippen LogP contribution is -3.00. The van der Waals surface area contributed by atoms with Crippen molar-refractivity contribution in [3.8, 4) is 11.6 Å². The Labute approximate surface area is 357 Å². The number of carbonyl (C=O) groups is 5. The molecule has 0 bridgehead atoms. The van der Waals surface area contributed by atoms with Crippen LogP contribution < -0.4 is 51.4 Å². The van der Waals surface area contributed by atoms with Crippen molar-refractivity contribution >= 4 is 52.6 Å². The number of hydrogen-bond acceptors (Lipinski definition) is 13. The summed E-state index contributed by atoms with van der Waals surface area (Å²) in [5.41, 5.74) is 16.5. The molecule has 9 N–H and O–H groups in total. The maximum atomic E-state index is 12.5. The van der Waals surface area contributed by atoms with E-state index in [1.165, 1.54) is 17.7 Å². The summed E-state index contributed by atoms with van der Waals surface area (Å²) in [6, 6.07) is 19.4. The molecule has 3 aromatic heterocycles. The molecule has 0 radical (unpaired) electrons. The quantitative estimate of drug-likeness (QED) is 0.0934.